The Kier molecular flexibility index (Phi) is 3.43. The van der Waals surface area contributed by atoms with E-state index >= 15 is 0 Å². The Balaban J connectivity index is 1.76. The molecule has 4 aliphatic carbocycles. The average Bonchev–Trinajstić information content (AvgIpc) is 2.35. The van der Waals surface area contributed by atoms with Gasteiger partial charge in [0.2, 0.25) is 0 Å². The highest BCUT2D eigenvalue weighted by Gasteiger charge is 2.57. The number of rotatable bonds is 4. The topological polar surface area (TPSA) is 29.5 Å². The molecule has 0 radical (unpaired) electrons. The highest BCUT2D eigenvalue weighted by atomic mass is 35.5. The number of alkyl halides is 1. The van der Waals surface area contributed by atoms with Gasteiger partial charge in [-0.3, -0.25) is 0 Å². The molecule has 3 heteroatoms. The van der Waals surface area contributed by atoms with Crippen LogP contribution in [0, 0.1) is 23.7 Å². The maximum atomic E-state index is 10.4. The molecule has 19 heavy (non-hydrogen) atoms. The first-order valence-corrected chi connectivity index (χ1v) is 8.27. The Bertz CT molecular complexity index is 325. The Labute approximate surface area is 121 Å². The van der Waals surface area contributed by atoms with Crippen LogP contribution in [0.4, 0.5) is 0 Å². The van der Waals surface area contributed by atoms with Gasteiger partial charge in [0, 0.05) is 0 Å². The number of aliphatic hydroxyl groups is 1. The molecule has 0 aromatic rings. The van der Waals surface area contributed by atoms with Crippen LogP contribution in [-0.2, 0) is 4.74 Å². The smallest absolute Gasteiger partial charge is 0.174 e. The highest BCUT2D eigenvalue weighted by molar-refractivity contribution is 6.23. The van der Waals surface area contributed by atoms with E-state index in [1.165, 1.54) is 32.1 Å². The van der Waals surface area contributed by atoms with Crippen molar-refractivity contribution in [3.05, 3.63) is 0 Å². The lowest BCUT2D eigenvalue weighted by Crippen LogP contribution is -2.59. The third-order valence-electron chi connectivity index (χ3n) is 6.33. The maximum Gasteiger partial charge on any atom is 0.174 e. The van der Waals surface area contributed by atoms with Crippen molar-refractivity contribution in [2.24, 2.45) is 23.7 Å². The minimum Gasteiger partial charge on any atom is -0.366 e. The van der Waals surface area contributed by atoms with E-state index < -0.39 is 11.2 Å². The van der Waals surface area contributed by atoms with Crippen molar-refractivity contribution in [3.63, 3.8) is 0 Å². The second-order valence-corrected chi connectivity index (χ2v) is 8.45. The van der Waals surface area contributed by atoms with Gasteiger partial charge in [-0.2, -0.15) is 0 Å². The summed E-state index contributed by atoms with van der Waals surface area (Å²) in [6, 6.07) is 0. The quantitative estimate of drug-likeness (QED) is 0.626. The third kappa shape index (κ3) is 2.24. The molecule has 0 amide bonds. The first kappa shape index (κ1) is 14.2. The Morgan fingerprint density at radius 2 is 1.68 bits per heavy atom. The Morgan fingerprint density at radius 3 is 2.11 bits per heavy atom. The second-order valence-electron chi connectivity index (χ2n) is 7.59. The number of hydrogen-bond acceptors (Lipinski definition) is 2. The minimum absolute atomic E-state index is 0.155. The van der Waals surface area contributed by atoms with Crippen LogP contribution < -0.4 is 0 Å². The molecule has 2 nitrogen and oxygen atoms in total. The summed E-state index contributed by atoms with van der Waals surface area (Å²) in [7, 11) is 0. The summed E-state index contributed by atoms with van der Waals surface area (Å²) in [4.78, 5) is -0.669. The fourth-order valence-electron chi connectivity index (χ4n) is 4.85. The largest absolute Gasteiger partial charge is 0.366 e. The van der Waals surface area contributed by atoms with E-state index in [2.05, 4.69) is 6.92 Å². The molecule has 2 atom stereocenters. The molecule has 0 aromatic carbocycles. The first-order chi connectivity index (χ1) is 8.85. The second kappa shape index (κ2) is 4.61. The molecule has 0 spiro atoms. The summed E-state index contributed by atoms with van der Waals surface area (Å²) >= 11 is 6.37. The lowest BCUT2D eigenvalue weighted by atomic mass is 9.50. The van der Waals surface area contributed by atoms with E-state index in [1.807, 2.05) is 13.8 Å². The number of hydrogen-bond donors (Lipinski definition) is 1. The molecule has 4 bridgehead atoms. The van der Waals surface area contributed by atoms with Crippen molar-refractivity contribution in [3.8, 4) is 0 Å². The van der Waals surface area contributed by atoms with Gasteiger partial charge in [-0.25, -0.2) is 0 Å². The molecule has 2 unspecified atom stereocenters. The van der Waals surface area contributed by atoms with Gasteiger partial charge in [0.05, 0.1) is 10.5 Å². The van der Waals surface area contributed by atoms with Gasteiger partial charge in [0.15, 0.2) is 6.29 Å². The summed E-state index contributed by atoms with van der Waals surface area (Å²) < 4.78 is 6.19. The molecule has 4 rings (SSSR count). The first-order valence-electron chi connectivity index (χ1n) is 7.90. The zero-order valence-corrected chi connectivity index (χ0v) is 13.1. The van der Waals surface area contributed by atoms with Crippen molar-refractivity contribution in [1.29, 1.82) is 0 Å². The van der Waals surface area contributed by atoms with Gasteiger partial charge in [-0.1, -0.05) is 6.92 Å². The normalized spacial score (nSPS) is 49.1. The molecule has 0 saturated heterocycles. The van der Waals surface area contributed by atoms with Crippen LogP contribution in [0.3, 0.4) is 0 Å². The molecular formula is C16H27ClO2. The van der Waals surface area contributed by atoms with E-state index in [1.54, 1.807) is 0 Å². The molecule has 0 aliphatic heterocycles. The van der Waals surface area contributed by atoms with Crippen LogP contribution in [0.25, 0.3) is 0 Å². The molecule has 4 aliphatic rings. The standard InChI is InChI=1S/C16H27ClO2/c1-4-15(2,17)14(18)19-16(3)12-6-10-5-11(8-12)9-13(16)7-10/h10-14,18H,4-9H2,1-3H3. The maximum absolute atomic E-state index is 10.4. The Hall–Kier alpha value is 0.210. The SMILES string of the molecule is CCC(C)(Cl)C(O)OC1(C)C2CC3CC(C2)CC1C3. The lowest BCUT2D eigenvalue weighted by molar-refractivity contribution is -0.269. The van der Waals surface area contributed by atoms with Gasteiger partial charge in [-0.05, 0) is 76.0 Å². The van der Waals surface area contributed by atoms with E-state index in [9.17, 15) is 5.11 Å². The summed E-state index contributed by atoms with van der Waals surface area (Å²) in [6.45, 7) is 6.10. The number of halogens is 1. The minimum atomic E-state index is -0.860. The number of ether oxygens (including phenoxy) is 1. The van der Waals surface area contributed by atoms with Gasteiger partial charge in [0.25, 0.3) is 0 Å². The fourth-order valence-corrected chi connectivity index (χ4v) is 4.90. The van der Waals surface area contributed by atoms with Crippen LogP contribution in [0.2, 0.25) is 0 Å². The monoisotopic (exact) mass is 286 g/mol. The lowest BCUT2D eigenvalue weighted by Gasteiger charge is -2.60. The predicted octanol–water partition coefficient (Wildman–Crippen LogP) is 3.94. The van der Waals surface area contributed by atoms with Crippen molar-refractivity contribution >= 4 is 11.6 Å². The van der Waals surface area contributed by atoms with Crippen LogP contribution in [0.1, 0.15) is 59.3 Å². The zero-order chi connectivity index (χ0) is 13.8. The third-order valence-corrected chi connectivity index (χ3v) is 6.79. The predicted molar refractivity (Wildman–Crippen MR) is 77.1 cm³/mol. The molecule has 1 N–H and O–H groups in total. The summed E-state index contributed by atoms with van der Waals surface area (Å²) in [5.41, 5.74) is -0.155. The van der Waals surface area contributed by atoms with Crippen LogP contribution in [-0.4, -0.2) is 21.9 Å². The molecule has 4 fully saturated rings. The van der Waals surface area contributed by atoms with E-state index in [-0.39, 0.29) is 5.60 Å². The number of aliphatic hydroxyl groups excluding tert-OH is 1. The van der Waals surface area contributed by atoms with Crippen LogP contribution in [0.15, 0.2) is 0 Å². The summed E-state index contributed by atoms with van der Waals surface area (Å²) in [5, 5.41) is 10.4. The Morgan fingerprint density at radius 1 is 1.21 bits per heavy atom. The van der Waals surface area contributed by atoms with Gasteiger partial charge >= 0.3 is 0 Å². The van der Waals surface area contributed by atoms with Crippen LogP contribution >= 0.6 is 11.6 Å². The molecule has 0 heterocycles. The molecule has 0 aromatic heterocycles. The highest BCUT2D eigenvalue weighted by Crippen LogP contribution is 2.59. The van der Waals surface area contributed by atoms with Gasteiger partial charge in [-0.15, -0.1) is 11.6 Å². The summed E-state index contributed by atoms with van der Waals surface area (Å²) in [5.74, 6) is 3.10. The fraction of sp³-hybridized carbons (Fsp3) is 1.00. The zero-order valence-electron chi connectivity index (χ0n) is 12.4. The molecular weight excluding hydrogens is 260 g/mol. The molecule has 110 valence electrons. The van der Waals surface area contributed by atoms with Crippen molar-refractivity contribution < 1.29 is 9.84 Å². The van der Waals surface area contributed by atoms with Gasteiger partial charge < -0.3 is 9.84 Å². The van der Waals surface area contributed by atoms with E-state index in [0.717, 1.165) is 11.8 Å². The molecule has 4 saturated carbocycles. The average molecular weight is 287 g/mol. The van der Waals surface area contributed by atoms with Crippen molar-refractivity contribution in [2.75, 3.05) is 0 Å². The van der Waals surface area contributed by atoms with Crippen molar-refractivity contribution in [1.82, 2.24) is 0 Å². The van der Waals surface area contributed by atoms with Crippen LogP contribution in [0.5, 0.6) is 0 Å². The van der Waals surface area contributed by atoms with E-state index in [0.29, 0.717) is 18.3 Å². The van der Waals surface area contributed by atoms with Gasteiger partial charge in [0.1, 0.15) is 0 Å². The van der Waals surface area contributed by atoms with Crippen molar-refractivity contribution in [2.45, 2.75) is 76.1 Å². The summed E-state index contributed by atoms with van der Waals surface area (Å²) in [6.07, 6.45) is 6.47. The van der Waals surface area contributed by atoms with E-state index in [4.69, 9.17) is 16.3 Å².